The van der Waals surface area contributed by atoms with Crippen LogP contribution in [0.4, 0.5) is 10.1 Å². The molecule has 0 spiro atoms. The van der Waals surface area contributed by atoms with Gasteiger partial charge in [0.25, 0.3) is 0 Å². The first kappa shape index (κ1) is 13.9. The lowest BCUT2D eigenvalue weighted by atomic mass is 10.1. The monoisotopic (exact) mass is 277 g/mol. The van der Waals surface area contributed by atoms with Gasteiger partial charge in [-0.05, 0) is 43.5 Å². The summed E-state index contributed by atoms with van der Waals surface area (Å²) in [5.41, 5.74) is 2.08. The molecule has 2 rings (SSSR count). The molecule has 0 fully saturated rings. The molecule has 0 bridgehead atoms. The van der Waals surface area contributed by atoms with Crippen molar-refractivity contribution in [2.24, 2.45) is 0 Å². The van der Waals surface area contributed by atoms with E-state index in [1.54, 1.807) is 12.1 Å². The summed E-state index contributed by atoms with van der Waals surface area (Å²) < 4.78 is 13.3. The Labute approximate surface area is 118 Å². The van der Waals surface area contributed by atoms with Crippen LogP contribution in [0.2, 0.25) is 5.02 Å². The smallest absolute Gasteiger partial charge is 0.143 e. The third kappa shape index (κ3) is 4.25. The number of benzene rings is 2. The average Bonchev–Trinajstić information content (AvgIpc) is 2.42. The first-order valence-corrected chi connectivity index (χ1v) is 6.78. The second-order valence-corrected chi connectivity index (χ2v) is 5.11. The maximum absolute atomic E-state index is 13.3. The van der Waals surface area contributed by atoms with E-state index >= 15 is 0 Å². The van der Waals surface area contributed by atoms with Gasteiger partial charge in [-0.3, -0.25) is 0 Å². The molecule has 0 amide bonds. The van der Waals surface area contributed by atoms with Crippen molar-refractivity contribution in [2.45, 2.75) is 25.8 Å². The van der Waals surface area contributed by atoms with Gasteiger partial charge in [-0.2, -0.15) is 0 Å². The highest BCUT2D eigenvalue weighted by molar-refractivity contribution is 6.30. The summed E-state index contributed by atoms with van der Waals surface area (Å²) >= 11 is 5.66. The molecule has 0 aliphatic rings. The number of anilines is 1. The maximum atomic E-state index is 13.3. The molecule has 2 aromatic carbocycles. The van der Waals surface area contributed by atoms with Crippen LogP contribution >= 0.6 is 11.6 Å². The number of hydrogen-bond donors (Lipinski definition) is 1. The van der Waals surface area contributed by atoms with Gasteiger partial charge in [0, 0.05) is 11.7 Å². The number of aryl methyl sites for hydroxylation is 1. The first-order valence-electron chi connectivity index (χ1n) is 6.40. The standard InChI is InChI=1S/C16H17ClFN/c1-12(7-8-13-5-3-2-4-6-13)19-14-9-10-15(17)16(18)11-14/h2-6,9-12,19H,7-8H2,1H3. The summed E-state index contributed by atoms with van der Waals surface area (Å²) in [6.45, 7) is 2.09. The fourth-order valence-corrected chi connectivity index (χ4v) is 2.09. The summed E-state index contributed by atoms with van der Waals surface area (Å²) in [4.78, 5) is 0. The van der Waals surface area contributed by atoms with E-state index in [0.29, 0.717) is 0 Å². The summed E-state index contributed by atoms with van der Waals surface area (Å²) in [6.07, 6.45) is 2.00. The third-order valence-corrected chi connectivity index (χ3v) is 3.35. The molecule has 1 N–H and O–H groups in total. The van der Waals surface area contributed by atoms with E-state index in [2.05, 4.69) is 24.4 Å². The molecular formula is C16H17ClFN. The second kappa shape index (κ2) is 6.58. The summed E-state index contributed by atoms with van der Waals surface area (Å²) in [5, 5.41) is 3.44. The Bertz CT molecular complexity index is 528. The van der Waals surface area contributed by atoms with Crippen molar-refractivity contribution in [3.8, 4) is 0 Å². The Hall–Kier alpha value is -1.54. The zero-order valence-electron chi connectivity index (χ0n) is 10.9. The first-order chi connectivity index (χ1) is 9.15. The van der Waals surface area contributed by atoms with E-state index in [1.165, 1.54) is 11.6 Å². The highest BCUT2D eigenvalue weighted by Gasteiger charge is 2.05. The summed E-state index contributed by atoms with van der Waals surface area (Å²) in [7, 11) is 0. The van der Waals surface area contributed by atoms with Gasteiger partial charge in [-0.25, -0.2) is 4.39 Å². The molecule has 0 aromatic heterocycles. The Kier molecular flexibility index (Phi) is 4.80. The predicted octanol–water partition coefficient (Wildman–Crippen LogP) is 4.91. The number of halogens is 2. The van der Waals surface area contributed by atoms with Crippen molar-refractivity contribution in [1.29, 1.82) is 0 Å². The molecule has 0 aliphatic heterocycles. The minimum absolute atomic E-state index is 0.155. The van der Waals surface area contributed by atoms with Crippen LogP contribution in [0.1, 0.15) is 18.9 Å². The molecule has 2 aromatic rings. The molecule has 1 atom stereocenters. The predicted molar refractivity (Wildman–Crippen MR) is 79.3 cm³/mol. The number of rotatable bonds is 5. The molecule has 0 saturated heterocycles. The Morgan fingerprint density at radius 1 is 1.16 bits per heavy atom. The van der Waals surface area contributed by atoms with Gasteiger partial charge in [-0.1, -0.05) is 41.9 Å². The quantitative estimate of drug-likeness (QED) is 0.818. The lowest BCUT2D eigenvalue weighted by Crippen LogP contribution is -2.16. The average molecular weight is 278 g/mol. The Balaban J connectivity index is 1.87. The van der Waals surface area contributed by atoms with Gasteiger partial charge in [0.2, 0.25) is 0 Å². The van der Waals surface area contributed by atoms with Crippen LogP contribution in [-0.2, 0) is 6.42 Å². The topological polar surface area (TPSA) is 12.0 Å². The van der Waals surface area contributed by atoms with Crippen molar-refractivity contribution in [2.75, 3.05) is 5.32 Å². The molecule has 0 radical (unpaired) electrons. The van der Waals surface area contributed by atoms with Gasteiger partial charge < -0.3 is 5.32 Å². The van der Waals surface area contributed by atoms with Crippen molar-refractivity contribution >= 4 is 17.3 Å². The fourth-order valence-electron chi connectivity index (χ4n) is 1.97. The maximum Gasteiger partial charge on any atom is 0.143 e. The lowest BCUT2D eigenvalue weighted by molar-refractivity contribution is 0.627. The van der Waals surface area contributed by atoms with E-state index in [9.17, 15) is 4.39 Å². The Morgan fingerprint density at radius 3 is 2.58 bits per heavy atom. The van der Waals surface area contributed by atoms with Crippen LogP contribution in [0, 0.1) is 5.82 Å². The minimum Gasteiger partial charge on any atom is -0.382 e. The van der Waals surface area contributed by atoms with E-state index in [4.69, 9.17) is 11.6 Å². The van der Waals surface area contributed by atoms with E-state index in [1.807, 2.05) is 18.2 Å². The van der Waals surface area contributed by atoms with Crippen LogP contribution in [0.25, 0.3) is 0 Å². The molecule has 19 heavy (non-hydrogen) atoms. The number of nitrogens with one attached hydrogen (secondary N) is 1. The van der Waals surface area contributed by atoms with E-state index in [-0.39, 0.29) is 16.9 Å². The molecule has 1 nitrogen and oxygen atoms in total. The van der Waals surface area contributed by atoms with Crippen LogP contribution in [0.3, 0.4) is 0 Å². The summed E-state index contributed by atoms with van der Waals surface area (Å²) in [5.74, 6) is -0.387. The van der Waals surface area contributed by atoms with Crippen molar-refractivity contribution < 1.29 is 4.39 Å². The largest absolute Gasteiger partial charge is 0.382 e. The fraction of sp³-hybridized carbons (Fsp3) is 0.250. The van der Waals surface area contributed by atoms with Crippen molar-refractivity contribution in [1.82, 2.24) is 0 Å². The molecule has 0 saturated carbocycles. The molecule has 3 heteroatoms. The second-order valence-electron chi connectivity index (χ2n) is 4.70. The van der Waals surface area contributed by atoms with Gasteiger partial charge in [-0.15, -0.1) is 0 Å². The van der Waals surface area contributed by atoms with Crippen molar-refractivity contribution in [3.63, 3.8) is 0 Å². The van der Waals surface area contributed by atoms with Crippen LogP contribution < -0.4 is 5.32 Å². The number of hydrogen-bond acceptors (Lipinski definition) is 1. The Morgan fingerprint density at radius 2 is 1.89 bits per heavy atom. The zero-order valence-corrected chi connectivity index (χ0v) is 11.6. The minimum atomic E-state index is -0.387. The van der Waals surface area contributed by atoms with Crippen molar-refractivity contribution in [3.05, 3.63) is 64.9 Å². The van der Waals surface area contributed by atoms with Crippen LogP contribution in [0.5, 0.6) is 0 Å². The SMILES string of the molecule is CC(CCc1ccccc1)Nc1ccc(Cl)c(F)c1. The lowest BCUT2D eigenvalue weighted by Gasteiger charge is -2.15. The normalized spacial score (nSPS) is 12.2. The van der Waals surface area contributed by atoms with Gasteiger partial charge >= 0.3 is 0 Å². The highest BCUT2D eigenvalue weighted by atomic mass is 35.5. The van der Waals surface area contributed by atoms with E-state index < -0.39 is 0 Å². The van der Waals surface area contributed by atoms with Gasteiger partial charge in [0.1, 0.15) is 5.82 Å². The zero-order chi connectivity index (χ0) is 13.7. The molecule has 0 aliphatic carbocycles. The van der Waals surface area contributed by atoms with Gasteiger partial charge in [0.05, 0.1) is 5.02 Å². The van der Waals surface area contributed by atoms with E-state index in [0.717, 1.165) is 18.5 Å². The van der Waals surface area contributed by atoms with Crippen LogP contribution in [-0.4, -0.2) is 6.04 Å². The molecule has 0 heterocycles. The third-order valence-electron chi connectivity index (χ3n) is 3.04. The highest BCUT2D eigenvalue weighted by Crippen LogP contribution is 2.20. The molecule has 100 valence electrons. The summed E-state index contributed by atoms with van der Waals surface area (Å²) in [6, 6.07) is 15.4. The molecular weight excluding hydrogens is 261 g/mol. The van der Waals surface area contributed by atoms with Crippen LogP contribution in [0.15, 0.2) is 48.5 Å². The molecule has 1 unspecified atom stereocenters. The van der Waals surface area contributed by atoms with Gasteiger partial charge in [0.15, 0.2) is 0 Å².